The lowest BCUT2D eigenvalue weighted by Gasteiger charge is -2.12. The van der Waals surface area contributed by atoms with Gasteiger partial charge in [-0.25, -0.2) is 9.78 Å². The Balaban J connectivity index is 2.39. The van der Waals surface area contributed by atoms with Gasteiger partial charge in [0, 0.05) is 5.39 Å². The van der Waals surface area contributed by atoms with Gasteiger partial charge in [-0.05, 0) is 30.0 Å². The van der Waals surface area contributed by atoms with Crippen molar-refractivity contribution in [1.29, 1.82) is 0 Å². The second kappa shape index (κ2) is 5.06. The van der Waals surface area contributed by atoms with Crippen LogP contribution >= 0.6 is 11.3 Å². The number of carbonyl (C=O) groups is 1. The predicted octanol–water partition coefficient (Wildman–Crippen LogP) is 4.06. The van der Waals surface area contributed by atoms with E-state index in [2.05, 4.69) is 0 Å². The second-order valence-electron chi connectivity index (χ2n) is 4.45. The highest BCUT2D eigenvalue weighted by atomic mass is 32.1. The number of pyridine rings is 1. The number of para-hydroxylation sites is 1. The van der Waals surface area contributed by atoms with Gasteiger partial charge in [0.1, 0.15) is 0 Å². The maximum Gasteiger partial charge on any atom is 0.338 e. The lowest BCUT2D eigenvalue weighted by molar-refractivity contribution is 0.0602. The molecule has 0 aliphatic rings. The van der Waals surface area contributed by atoms with Gasteiger partial charge < -0.3 is 4.74 Å². The largest absolute Gasteiger partial charge is 0.465 e. The van der Waals surface area contributed by atoms with E-state index in [0.717, 1.165) is 27.0 Å². The van der Waals surface area contributed by atoms with Crippen molar-refractivity contribution in [2.75, 3.05) is 7.11 Å². The Morgan fingerprint density at radius 3 is 2.70 bits per heavy atom. The van der Waals surface area contributed by atoms with Crippen molar-refractivity contribution >= 4 is 28.2 Å². The molecule has 100 valence electrons. The van der Waals surface area contributed by atoms with Crippen LogP contribution in [0.1, 0.15) is 15.9 Å². The summed E-state index contributed by atoms with van der Waals surface area (Å²) in [7, 11) is 1.40. The topological polar surface area (TPSA) is 39.2 Å². The van der Waals surface area contributed by atoms with E-state index in [4.69, 9.17) is 9.72 Å². The number of esters is 1. The molecule has 0 aliphatic heterocycles. The maximum absolute atomic E-state index is 12.1. The molecule has 0 bridgehead atoms. The second-order valence-corrected chi connectivity index (χ2v) is 5.39. The monoisotopic (exact) mass is 283 g/mol. The third kappa shape index (κ3) is 1.98. The number of rotatable bonds is 2. The normalized spacial score (nSPS) is 10.7. The lowest BCUT2D eigenvalue weighted by Crippen LogP contribution is -2.07. The van der Waals surface area contributed by atoms with Crippen LogP contribution in [0.4, 0.5) is 0 Å². The number of ether oxygens (including phenoxy) is 1. The Morgan fingerprint density at radius 1 is 1.20 bits per heavy atom. The summed E-state index contributed by atoms with van der Waals surface area (Å²) in [4.78, 5) is 17.9. The summed E-state index contributed by atoms with van der Waals surface area (Å²) in [5, 5.41) is 2.83. The fraction of sp³-hybridized carbons (Fsp3) is 0.125. The fourth-order valence-electron chi connectivity index (χ4n) is 2.33. The van der Waals surface area contributed by atoms with Crippen molar-refractivity contribution in [3.63, 3.8) is 0 Å². The molecule has 0 unspecified atom stereocenters. The number of hydrogen-bond acceptors (Lipinski definition) is 4. The molecule has 0 spiro atoms. The molecule has 0 aliphatic carbocycles. The van der Waals surface area contributed by atoms with Gasteiger partial charge in [-0.1, -0.05) is 24.3 Å². The first kappa shape index (κ1) is 12.8. The molecule has 3 nitrogen and oxygen atoms in total. The standard InChI is InChI=1S/C16H13NO2S/c1-10-14(16(18)19-2)11-6-3-4-7-12(11)17-15(10)13-8-5-9-20-13/h3-9H,1-2H3. The van der Waals surface area contributed by atoms with Crippen molar-refractivity contribution in [3.8, 4) is 10.6 Å². The first-order valence-electron chi connectivity index (χ1n) is 6.24. The van der Waals surface area contributed by atoms with E-state index < -0.39 is 0 Å². The van der Waals surface area contributed by atoms with Crippen LogP contribution in [0.25, 0.3) is 21.5 Å². The highest BCUT2D eigenvalue weighted by molar-refractivity contribution is 7.13. The summed E-state index contributed by atoms with van der Waals surface area (Å²) >= 11 is 1.61. The molecule has 1 aromatic carbocycles. The average molecular weight is 283 g/mol. The number of aromatic nitrogens is 1. The molecular weight excluding hydrogens is 270 g/mol. The lowest BCUT2D eigenvalue weighted by atomic mass is 10.0. The van der Waals surface area contributed by atoms with Crippen LogP contribution in [0.2, 0.25) is 0 Å². The van der Waals surface area contributed by atoms with Crippen LogP contribution in [0.5, 0.6) is 0 Å². The highest BCUT2D eigenvalue weighted by Crippen LogP contribution is 2.32. The summed E-state index contributed by atoms with van der Waals surface area (Å²) in [5.74, 6) is -0.320. The van der Waals surface area contributed by atoms with E-state index in [1.54, 1.807) is 11.3 Å². The SMILES string of the molecule is COC(=O)c1c(C)c(-c2cccs2)nc2ccccc12. The van der Waals surface area contributed by atoms with E-state index in [9.17, 15) is 4.79 Å². The first-order valence-corrected chi connectivity index (χ1v) is 7.12. The van der Waals surface area contributed by atoms with E-state index >= 15 is 0 Å². The molecule has 0 atom stereocenters. The maximum atomic E-state index is 12.1. The third-order valence-corrected chi connectivity index (χ3v) is 4.16. The zero-order chi connectivity index (χ0) is 14.1. The van der Waals surface area contributed by atoms with Gasteiger partial charge >= 0.3 is 5.97 Å². The minimum absolute atomic E-state index is 0.320. The molecule has 0 saturated carbocycles. The number of hydrogen-bond donors (Lipinski definition) is 0. The first-order chi connectivity index (χ1) is 9.72. The number of carbonyl (C=O) groups excluding carboxylic acids is 1. The fourth-order valence-corrected chi connectivity index (χ4v) is 3.10. The Morgan fingerprint density at radius 2 is 2.00 bits per heavy atom. The highest BCUT2D eigenvalue weighted by Gasteiger charge is 2.19. The van der Waals surface area contributed by atoms with E-state index in [0.29, 0.717) is 5.56 Å². The van der Waals surface area contributed by atoms with Crippen molar-refractivity contribution in [2.45, 2.75) is 6.92 Å². The minimum atomic E-state index is -0.320. The van der Waals surface area contributed by atoms with Crippen LogP contribution in [-0.2, 0) is 4.74 Å². The number of nitrogens with zero attached hydrogens (tertiary/aromatic N) is 1. The number of thiophene rings is 1. The molecule has 4 heteroatoms. The van der Waals surface area contributed by atoms with Gasteiger partial charge in [-0.2, -0.15) is 0 Å². The van der Waals surface area contributed by atoms with Crippen LogP contribution in [-0.4, -0.2) is 18.1 Å². The smallest absolute Gasteiger partial charge is 0.338 e. The van der Waals surface area contributed by atoms with Crippen LogP contribution in [0.15, 0.2) is 41.8 Å². The molecule has 0 saturated heterocycles. The Labute approximate surface area is 120 Å². The van der Waals surface area contributed by atoms with Gasteiger partial charge in [0.15, 0.2) is 0 Å². The Hall–Kier alpha value is -2.20. The molecule has 3 aromatic rings. The Kier molecular flexibility index (Phi) is 3.24. The predicted molar refractivity (Wildman–Crippen MR) is 81.1 cm³/mol. The summed E-state index contributed by atoms with van der Waals surface area (Å²) < 4.78 is 4.93. The molecule has 2 heterocycles. The van der Waals surface area contributed by atoms with Gasteiger partial charge in [-0.3, -0.25) is 0 Å². The van der Waals surface area contributed by atoms with Gasteiger partial charge in [0.25, 0.3) is 0 Å². The minimum Gasteiger partial charge on any atom is -0.465 e. The van der Waals surface area contributed by atoms with Gasteiger partial charge in [0.2, 0.25) is 0 Å². The molecule has 2 aromatic heterocycles. The molecule has 3 rings (SSSR count). The molecular formula is C16H13NO2S. The van der Waals surface area contributed by atoms with Crippen molar-refractivity contribution < 1.29 is 9.53 Å². The third-order valence-electron chi connectivity index (χ3n) is 3.28. The molecule has 0 radical (unpaired) electrons. The summed E-state index contributed by atoms with van der Waals surface area (Å²) in [5.41, 5.74) is 3.11. The summed E-state index contributed by atoms with van der Waals surface area (Å²) in [6, 6.07) is 11.6. The van der Waals surface area contributed by atoms with Crippen molar-refractivity contribution in [2.24, 2.45) is 0 Å². The van der Waals surface area contributed by atoms with Crippen molar-refractivity contribution in [3.05, 3.63) is 52.9 Å². The summed E-state index contributed by atoms with van der Waals surface area (Å²) in [6.07, 6.45) is 0. The molecule has 20 heavy (non-hydrogen) atoms. The van der Waals surface area contributed by atoms with E-state index in [1.165, 1.54) is 7.11 Å². The zero-order valence-electron chi connectivity index (χ0n) is 11.2. The molecule has 0 N–H and O–H groups in total. The average Bonchev–Trinajstić information content (AvgIpc) is 3.00. The van der Waals surface area contributed by atoms with E-state index in [-0.39, 0.29) is 5.97 Å². The van der Waals surface area contributed by atoms with Crippen molar-refractivity contribution in [1.82, 2.24) is 4.98 Å². The number of fused-ring (bicyclic) bond motifs is 1. The quantitative estimate of drug-likeness (QED) is 0.666. The van der Waals surface area contributed by atoms with Gasteiger partial charge in [0.05, 0.1) is 28.8 Å². The number of methoxy groups -OCH3 is 1. The molecule has 0 amide bonds. The van der Waals surface area contributed by atoms with Gasteiger partial charge in [-0.15, -0.1) is 11.3 Å². The van der Waals surface area contributed by atoms with E-state index in [1.807, 2.05) is 48.7 Å². The Bertz CT molecular complexity index is 779. The number of benzene rings is 1. The van der Waals surface area contributed by atoms with Crippen LogP contribution in [0.3, 0.4) is 0 Å². The summed E-state index contributed by atoms with van der Waals surface area (Å²) in [6.45, 7) is 1.92. The zero-order valence-corrected chi connectivity index (χ0v) is 12.0. The molecule has 0 fully saturated rings. The van der Waals surface area contributed by atoms with Crippen LogP contribution < -0.4 is 0 Å². The van der Waals surface area contributed by atoms with Crippen LogP contribution in [0, 0.1) is 6.92 Å².